The second-order valence-corrected chi connectivity index (χ2v) is 4.05. The van der Waals surface area contributed by atoms with Crippen LogP contribution < -0.4 is 0 Å². The van der Waals surface area contributed by atoms with Gasteiger partial charge in [0.25, 0.3) is 0 Å². The molecule has 82 valence electrons. The first-order valence-corrected chi connectivity index (χ1v) is 4.97. The van der Waals surface area contributed by atoms with Crippen molar-refractivity contribution in [2.45, 2.75) is 13.0 Å². The van der Waals surface area contributed by atoms with E-state index < -0.39 is 5.97 Å². The van der Waals surface area contributed by atoms with Gasteiger partial charge >= 0.3 is 5.97 Å². The number of nitrogens with zero attached hydrogens (tertiary/aromatic N) is 4. The zero-order valence-electron chi connectivity index (χ0n) is 8.63. The zero-order valence-corrected chi connectivity index (χ0v) is 8.63. The van der Waals surface area contributed by atoms with E-state index in [9.17, 15) is 4.79 Å². The fourth-order valence-corrected chi connectivity index (χ4v) is 1.93. The van der Waals surface area contributed by atoms with Crippen molar-refractivity contribution < 1.29 is 9.90 Å². The van der Waals surface area contributed by atoms with Crippen LogP contribution >= 0.6 is 0 Å². The standard InChI is InChI=1S/C9H14N4O2/c1-12-3-2-7(4-12)5-13-6-8(9(14)15)10-11-13/h6-7H,2-5H2,1H3,(H,14,15)/t7-/m0/s1. The first-order valence-electron chi connectivity index (χ1n) is 4.97. The minimum Gasteiger partial charge on any atom is -0.476 e. The van der Waals surface area contributed by atoms with Crippen LogP contribution in [0, 0.1) is 5.92 Å². The van der Waals surface area contributed by atoms with Crippen molar-refractivity contribution in [3.05, 3.63) is 11.9 Å². The summed E-state index contributed by atoms with van der Waals surface area (Å²) in [7, 11) is 2.09. The molecule has 0 unspecified atom stereocenters. The Labute approximate surface area is 87.5 Å². The van der Waals surface area contributed by atoms with Gasteiger partial charge in [0.15, 0.2) is 5.69 Å². The smallest absolute Gasteiger partial charge is 0.358 e. The molecule has 0 spiro atoms. The highest BCUT2D eigenvalue weighted by Crippen LogP contribution is 2.15. The van der Waals surface area contributed by atoms with Crippen LogP contribution in [0.25, 0.3) is 0 Å². The molecule has 6 nitrogen and oxygen atoms in total. The third kappa shape index (κ3) is 2.33. The number of rotatable bonds is 3. The lowest BCUT2D eigenvalue weighted by atomic mass is 10.1. The Morgan fingerprint density at radius 2 is 2.53 bits per heavy atom. The number of aromatic nitrogens is 3. The normalized spacial score (nSPS) is 22.1. The molecule has 0 amide bonds. The van der Waals surface area contributed by atoms with E-state index in [1.807, 2.05) is 0 Å². The topological polar surface area (TPSA) is 71.2 Å². The molecule has 0 radical (unpaired) electrons. The van der Waals surface area contributed by atoms with E-state index in [4.69, 9.17) is 5.11 Å². The quantitative estimate of drug-likeness (QED) is 0.756. The number of hydrogen-bond donors (Lipinski definition) is 1. The van der Waals surface area contributed by atoms with Gasteiger partial charge in [-0.2, -0.15) is 0 Å². The van der Waals surface area contributed by atoms with Gasteiger partial charge in [-0.15, -0.1) is 5.10 Å². The van der Waals surface area contributed by atoms with Crippen LogP contribution in [0.1, 0.15) is 16.9 Å². The van der Waals surface area contributed by atoms with Gasteiger partial charge in [0.1, 0.15) is 0 Å². The van der Waals surface area contributed by atoms with E-state index in [1.165, 1.54) is 6.20 Å². The van der Waals surface area contributed by atoms with Gasteiger partial charge in [0.05, 0.1) is 6.20 Å². The zero-order chi connectivity index (χ0) is 10.8. The third-order valence-corrected chi connectivity index (χ3v) is 2.69. The maximum absolute atomic E-state index is 10.6. The summed E-state index contributed by atoms with van der Waals surface area (Å²) in [5.41, 5.74) is 0.0151. The lowest BCUT2D eigenvalue weighted by molar-refractivity contribution is 0.0690. The van der Waals surface area contributed by atoms with E-state index in [2.05, 4.69) is 22.3 Å². The van der Waals surface area contributed by atoms with E-state index in [0.29, 0.717) is 5.92 Å². The molecular formula is C9H14N4O2. The van der Waals surface area contributed by atoms with Crippen LogP contribution in [0.15, 0.2) is 6.20 Å². The predicted molar refractivity (Wildman–Crippen MR) is 52.6 cm³/mol. The molecule has 2 rings (SSSR count). The van der Waals surface area contributed by atoms with Crippen LogP contribution in [0.5, 0.6) is 0 Å². The van der Waals surface area contributed by atoms with Crippen molar-refractivity contribution in [2.75, 3.05) is 20.1 Å². The maximum Gasteiger partial charge on any atom is 0.358 e. The monoisotopic (exact) mass is 210 g/mol. The molecule has 0 bridgehead atoms. The molecule has 1 aromatic heterocycles. The summed E-state index contributed by atoms with van der Waals surface area (Å²) in [5, 5.41) is 16.0. The van der Waals surface area contributed by atoms with E-state index >= 15 is 0 Å². The fourth-order valence-electron chi connectivity index (χ4n) is 1.93. The molecule has 1 aliphatic rings. The molecule has 1 saturated heterocycles. The molecule has 6 heteroatoms. The minimum absolute atomic E-state index is 0.0151. The van der Waals surface area contributed by atoms with Crippen LogP contribution in [-0.2, 0) is 6.54 Å². The minimum atomic E-state index is -1.02. The number of carbonyl (C=O) groups is 1. The predicted octanol–water partition coefficient (Wildman–Crippen LogP) is -0.0720. The largest absolute Gasteiger partial charge is 0.476 e. The molecule has 0 aromatic carbocycles. The summed E-state index contributed by atoms with van der Waals surface area (Å²) in [6.07, 6.45) is 2.62. The SMILES string of the molecule is CN1CC[C@H](Cn2cc(C(=O)O)nn2)C1. The second-order valence-electron chi connectivity index (χ2n) is 4.05. The first-order chi connectivity index (χ1) is 7.15. The van der Waals surface area contributed by atoms with Gasteiger partial charge in [0.2, 0.25) is 0 Å². The van der Waals surface area contributed by atoms with Crippen molar-refractivity contribution in [3.8, 4) is 0 Å². The summed E-state index contributed by atoms with van der Waals surface area (Å²) in [4.78, 5) is 12.8. The van der Waals surface area contributed by atoms with Crippen molar-refractivity contribution in [1.29, 1.82) is 0 Å². The lowest BCUT2D eigenvalue weighted by Gasteiger charge is -2.09. The average Bonchev–Trinajstić information content (AvgIpc) is 2.76. The van der Waals surface area contributed by atoms with Gasteiger partial charge < -0.3 is 10.0 Å². The summed E-state index contributed by atoms with van der Waals surface area (Å²) < 4.78 is 1.62. The lowest BCUT2D eigenvalue weighted by Crippen LogP contribution is -2.17. The van der Waals surface area contributed by atoms with Gasteiger partial charge in [0, 0.05) is 13.1 Å². The van der Waals surface area contributed by atoms with Crippen LogP contribution in [-0.4, -0.2) is 51.1 Å². The molecule has 1 atom stereocenters. The Bertz CT molecular complexity index is 363. The summed E-state index contributed by atoms with van der Waals surface area (Å²) in [5.74, 6) is -0.469. The van der Waals surface area contributed by atoms with Crippen LogP contribution in [0.3, 0.4) is 0 Å². The molecule has 15 heavy (non-hydrogen) atoms. The highest BCUT2D eigenvalue weighted by molar-refractivity contribution is 5.84. The van der Waals surface area contributed by atoms with Crippen molar-refractivity contribution >= 4 is 5.97 Å². The highest BCUT2D eigenvalue weighted by atomic mass is 16.4. The Morgan fingerprint density at radius 3 is 3.07 bits per heavy atom. The van der Waals surface area contributed by atoms with E-state index in [1.54, 1.807) is 4.68 Å². The molecule has 1 aliphatic heterocycles. The highest BCUT2D eigenvalue weighted by Gasteiger charge is 2.20. The van der Waals surface area contributed by atoms with Gasteiger partial charge in [-0.3, -0.25) is 4.68 Å². The van der Waals surface area contributed by atoms with Gasteiger partial charge in [-0.1, -0.05) is 5.21 Å². The van der Waals surface area contributed by atoms with Crippen molar-refractivity contribution in [2.24, 2.45) is 5.92 Å². The average molecular weight is 210 g/mol. The van der Waals surface area contributed by atoms with Crippen LogP contribution in [0.2, 0.25) is 0 Å². The molecule has 2 heterocycles. The fraction of sp³-hybridized carbons (Fsp3) is 0.667. The molecule has 1 fully saturated rings. The molecule has 0 aliphatic carbocycles. The first kappa shape index (κ1) is 10.1. The number of carboxylic acids is 1. The Morgan fingerprint density at radius 1 is 1.73 bits per heavy atom. The summed E-state index contributed by atoms with van der Waals surface area (Å²) >= 11 is 0. The van der Waals surface area contributed by atoms with Gasteiger partial charge in [-0.25, -0.2) is 4.79 Å². The number of likely N-dealkylation sites (tertiary alicyclic amines) is 1. The van der Waals surface area contributed by atoms with Crippen LogP contribution in [0.4, 0.5) is 0 Å². The summed E-state index contributed by atoms with van der Waals surface area (Å²) in [6, 6.07) is 0. The van der Waals surface area contributed by atoms with Crippen molar-refractivity contribution in [1.82, 2.24) is 19.9 Å². The Hall–Kier alpha value is -1.43. The second kappa shape index (κ2) is 3.98. The summed E-state index contributed by atoms with van der Waals surface area (Å²) in [6.45, 7) is 2.90. The molecular weight excluding hydrogens is 196 g/mol. The number of hydrogen-bond acceptors (Lipinski definition) is 4. The Balaban J connectivity index is 1.96. The maximum atomic E-state index is 10.6. The number of carboxylic acid groups (broad SMARTS) is 1. The van der Waals surface area contributed by atoms with Crippen molar-refractivity contribution in [3.63, 3.8) is 0 Å². The molecule has 0 saturated carbocycles. The Kier molecular flexibility index (Phi) is 2.68. The van der Waals surface area contributed by atoms with E-state index in [-0.39, 0.29) is 5.69 Å². The van der Waals surface area contributed by atoms with E-state index in [0.717, 1.165) is 26.1 Å². The number of aromatic carboxylic acids is 1. The van der Waals surface area contributed by atoms with Gasteiger partial charge in [-0.05, 0) is 25.9 Å². The third-order valence-electron chi connectivity index (χ3n) is 2.69. The molecule has 1 aromatic rings. The molecule has 1 N–H and O–H groups in total.